The first-order valence-corrected chi connectivity index (χ1v) is 9.07. The number of benzene rings is 2. The Labute approximate surface area is 156 Å². The lowest BCUT2D eigenvalue weighted by Gasteiger charge is -2.30. The van der Waals surface area contributed by atoms with Crippen molar-refractivity contribution in [3.8, 4) is 0 Å². The third-order valence-corrected chi connectivity index (χ3v) is 5.08. The molecular weight excluding hydrogens is 342 g/mol. The smallest absolute Gasteiger partial charge is 0.276 e. The van der Waals surface area contributed by atoms with Crippen LogP contribution in [0.1, 0.15) is 28.9 Å². The highest BCUT2D eigenvalue weighted by Gasteiger charge is 2.28. The van der Waals surface area contributed by atoms with Crippen molar-refractivity contribution in [1.82, 2.24) is 19.9 Å². The average molecular weight is 363 g/mol. The molecule has 27 heavy (non-hydrogen) atoms. The van der Waals surface area contributed by atoms with Crippen LogP contribution in [-0.2, 0) is 11.3 Å². The van der Waals surface area contributed by atoms with Crippen LogP contribution in [0.25, 0.3) is 10.8 Å². The molecule has 1 unspecified atom stereocenters. The van der Waals surface area contributed by atoms with Crippen LogP contribution in [0.4, 0.5) is 0 Å². The molecule has 0 aliphatic carbocycles. The van der Waals surface area contributed by atoms with E-state index < -0.39 is 0 Å². The van der Waals surface area contributed by atoms with Crippen molar-refractivity contribution in [3.05, 3.63) is 59.9 Å². The number of hydrogen-bond acceptors (Lipinski definition) is 4. The second-order valence-electron chi connectivity index (χ2n) is 6.93. The minimum absolute atomic E-state index is 0.204. The van der Waals surface area contributed by atoms with Gasteiger partial charge in [0.25, 0.3) is 5.91 Å². The van der Waals surface area contributed by atoms with Crippen LogP contribution in [0.2, 0.25) is 0 Å². The van der Waals surface area contributed by atoms with Crippen LogP contribution in [0, 0.1) is 5.92 Å². The maximum absolute atomic E-state index is 12.7. The molecule has 4 rings (SSSR count). The number of nitrogens with zero attached hydrogens (tertiary/aromatic N) is 4. The summed E-state index contributed by atoms with van der Waals surface area (Å²) in [4.78, 5) is 25.8. The van der Waals surface area contributed by atoms with Crippen molar-refractivity contribution in [1.29, 1.82) is 0 Å². The number of rotatable bonds is 4. The van der Waals surface area contributed by atoms with Crippen LogP contribution in [-0.4, -0.2) is 44.8 Å². The fourth-order valence-electron chi connectivity index (χ4n) is 3.63. The number of likely N-dealkylation sites (tertiary alicyclic amines) is 1. The maximum atomic E-state index is 12.7. The standard InChI is InChI=1S/C20H21N5O2/c21-19(26)16-8-4-10-24(11-16)20(27)18-13-25(23-22-18)12-15-7-3-6-14-5-1-2-9-17(14)15/h1-3,5-7,9,13,16H,4,8,10-12H2,(H2,21,26). The minimum atomic E-state index is -0.355. The molecule has 7 nitrogen and oxygen atoms in total. The van der Waals surface area contributed by atoms with Gasteiger partial charge in [-0.1, -0.05) is 47.7 Å². The first kappa shape index (κ1) is 17.2. The van der Waals surface area contributed by atoms with Gasteiger partial charge in [-0.25, -0.2) is 4.68 Å². The van der Waals surface area contributed by atoms with Gasteiger partial charge in [-0.3, -0.25) is 9.59 Å². The van der Waals surface area contributed by atoms with E-state index in [9.17, 15) is 9.59 Å². The third-order valence-electron chi connectivity index (χ3n) is 5.08. The fraction of sp³-hybridized carbons (Fsp3) is 0.300. The van der Waals surface area contributed by atoms with E-state index in [4.69, 9.17) is 5.73 Å². The van der Waals surface area contributed by atoms with E-state index in [0.717, 1.165) is 29.2 Å². The summed E-state index contributed by atoms with van der Waals surface area (Å²) >= 11 is 0. The molecule has 1 saturated heterocycles. The van der Waals surface area contributed by atoms with E-state index in [1.165, 1.54) is 0 Å². The van der Waals surface area contributed by atoms with Crippen LogP contribution in [0.15, 0.2) is 48.7 Å². The molecule has 1 aliphatic heterocycles. The predicted octanol–water partition coefficient (Wildman–Crippen LogP) is 1.82. The van der Waals surface area contributed by atoms with E-state index in [1.807, 2.05) is 24.3 Å². The number of carbonyl (C=O) groups excluding carboxylic acids is 2. The van der Waals surface area contributed by atoms with Crippen molar-refractivity contribution in [2.45, 2.75) is 19.4 Å². The van der Waals surface area contributed by atoms with Gasteiger partial charge in [0.1, 0.15) is 0 Å². The Hall–Kier alpha value is -3.22. The summed E-state index contributed by atoms with van der Waals surface area (Å²) in [6, 6.07) is 14.3. The second kappa shape index (κ2) is 7.19. The highest BCUT2D eigenvalue weighted by atomic mass is 16.2. The van der Waals surface area contributed by atoms with Crippen molar-refractivity contribution < 1.29 is 9.59 Å². The molecule has 1 atom stereocenters. The number of hydrogen-bond donors (Lipinski definition) is 1. The van der Waals surface area contributed by atoms with E-state index >= 15 is 0 Å². The van der Waals surface area contributed by atoms with Gasteiger partial charge in [0.05, 0.1) is 18.7 Å². The molecule has 7 heteroatoms. The summed E-state index contributed by atoms with van der Waals surface area (Å²) in [6.45, 7) is 1.49. The van der Waals surface area contributed by atoms with E-state index in [1.54, 1.807) is 15.8 Å². The van der Waals surface area contributed by atoms with Crippen LogP contribution >= 0.6 is 0 Å². The van der Waals surface area contributed by atoms with E-state index in [0.29, 0.717) is 25.3 Å². The lowest BCUT2D eigenvalue weighted by molar-refractivity contribution is -0.123. The maximum Gasteiger partial charge on any atom is 0.276 e. The van der Waals surface area contributed by atoms with E-state index in [-0.39, 0.29) is 17.7 Å². The molecule has 0 spiro atoms. The molecule has 0 saturated carbocycles. The summed E-state index contributed by atoms with van der Waals surface area (Å²) < 4.78 is 1.67. The predicted molar refractivity (Wildman–Crippen MR) is 101 cm³/mol. The zero-order valence-electron chi connectivity index (χ0n) is 14.9. The summed E-state index contributed by atoms with van der Waals surface area (Å²) in [7, 11) is 0. The van der Waals surface area contributed by atoms with Crippen molar-refractivity contribution >= 4 is 22.6 Å². The number of aromatic nitrogens is 3. The molecular formula is C20H21N5O2. The Bertz CT molecular complexity index is 991. The summed E-state index contributed by atoms with van der Waals surface area (Å²) in [6.07, 6.45) is 3.16. The highest BCUT2D eigenvalue weighted by molar-refractivity contribution is 5.92. The Morgan fingerprint density at radius 1 is 1.15 bits per heavy atom. The first-order valence-electron chi connectivity index (χ1n) is 9.07. The Kier molecular flexibility index (Phi) is 4.58. The van der Waals surface area contributed by atoms with Gasteiger partial charge in [0, 0.05) is 13.1 Å². The molecule has 2 N–H and O–H groups in total. The molecule has 0 radical (unpaired) electrons. The summed E-state index contributed by atoms with van der Waals surface area (Å²) in [5, 5.41) is 10.5. The van der Waals surface area contributed by atoms with Gasteiger partial charge in [-0.05, 0) is 29.2 Å². The molecule has 1 fully saturated rings. The first-order chi connectivity index (χ1) is 13.1. The lowest BCUT2D eigenvalue weighted by Crippen LogP contribution is -2.44. The number of amides is 2. The highest BCUT2D eigenvalue weighted by Crippen LogP contribution is 2.20. The summed E-state index contributed by atoms with van der Waals surface area (Å²) in [5.41, 5.74) is 6.80. The second-order valence-corrected chi connectivity index (χ2v) is 6.93. The zero-order chi connectivity index (χ0) is 18.8. The molecule has 3 aromatic rings. The molecule has 2 amide bonds. The quantitative estimate of drug-likeness (QED) is 0.765. The van der Waals surface area contributed by atoms with Crippen molar-refractivity contribution in [2.75, 3.05) is 13.1 Å². The minimum Gasteiger partial charge on any atom is -0.369 e. The van der Waals surface area contributed by atoms with Crippen LogP contribution in [0.5, 0.6) is 0 Å². The summed E-state index contributed by atoms with van der Waals surface area (Å²) in [5.74, 6) is -0.842. The van der Waals surface area contributed by atoms with Gasteiger partial charge in [0.15, 0.2) is 5.69 Å². The fourth-order valence-corrected chi connectivity index (χ4v) is 3.63. The third kappa shape index (κ3) is 3.53. The monoisotopic (exact) mass is 363 g/mol. The SMILES string of the molecule is NC(=O)C1CCCN(C(=O)c2cn(Cc3cccc4ccccc34)nn2)C1. The normalized spacial score (nSPS) is 17.2. The molecule has 1 aliphatic rings. The van der Waals surface area contributed by atoms with Gasteiger partial charge in [-0.15, -0.1) is 5.10 Å². The molecule has 1 aromatic heterocycles. The molecule has 138 valence electrons. The molecule has 0 bridgehead atoms. The topological polar surface area (TPSA) is 94.1 Å². The van der Waals surface area contributed by atoms with Crippen molar-refractivity contribution in [2.24, 2.45) is 11.7 Å². The zero-order valence-corrected chi connectivity index (χ0v) is 14.9. The van der Waals surface area contributed by atoms with Crippen LogP contribution < -0.4 is 5.73 Å². The van der Waals surface area contributed by atoms with Gasteiger partial charge in [0.2, 0.25) is 5.91 Å². The Balaban J connectivity index is 1.51. The number of fused-ring (bicyclic) bond motifs is 1. The van der Waals surface area contributed by atoms with Gasteiger partial charge in [-0.2, -0.15) is 0 Å². The molecule has 2 heterocycles. The largest absolute Gasteiger partial charge is 0.369 e. The Morgan fingerprint density at radius 3 is 2.81 bits per heavy atom. The van der Waals surface area contributed by atoms with Gasteiger partial charge >= 0.3 is 0 Å². The lowest BCUT2D eigenvalue weighted by atomic mass is 9.97. The molecule has 2 aromatic carbocycles. The van der Waals surface area contributed by atoms with Crippen LogP contribution in [0.3, 0.4) is 0 Å². The number of nitrogens with two attached hydrogens (primary N) is 1. The average Bonchev–Trinajstić information content (AvgIpc) is 3.16. The van der Waals surface area contributed by atoms with Crippen molar-refractivity contribution in [3.63, 3.8) is 0 Å². The number of piperidine rings is 1. The Morgan fingerprint density at radius 2 is 1.96 bits per heavy atom. The van der Waals surface area contributed by atoms with Gasteiger partial charge < -0.3 is 10.6 Å². The number of primary amides is 1. The van der Waals surface area contributed by atoms with E-state index in [2.05, 4.69) is 28.5 Å². The number of carbonyl (C=O) groups is 2.